The third-order valence-electron chi connectivity index (χ3n) is 2.63. The molecule has 0 spiro atoms. The zero-order valence-corrected chi connectivity index (χ0v) is 9.17. The molecule has 82 valence electrons. The topological polar surface area (TPSA) is 37.8 Å². The Morgan fingerprint density at radius 2 is 1.76 bits per heavy atom. The van der Waals surface area contributed by atoms with Gasteiger partial charge in [0.2, 0.25) is 0 Å². The van der Waals surface area contributed by atoms with Gasteiger partial charge >= 0.3 is 0 Å². The average molecular weight is 221 g/mol. The van der Waals surface area contributed by atoms with Gasteiger partial charge in [0.1, 0.15) is 12.1 Å². The van der Waals surface area contributed by atoms with E-state index in [1.807, 2.05) is 30.3 Å². The van der Waals surface area contributed by atoms with E-state index in [2.05, 4.69) is 33.5 Å². The van der Waals surface area contributed by atoms with Gasteiger partial charge < -0.3 is 5.32 Å². The molecule has 0 amide bonds. The van der Waals surface area contributed by atoms with Crippen molar-refractivity contribution >= 4 is 22.3 Å². The number of nitrogens with zero attached hydrogens (tertiary/aromatic N) is 2. The lowest BCUT2D eigenvalue weighted by Gasteiger charge is -2.08. The summed E-state index contributed by atoms with van der Waals surface area (Å²) < 4.78 is 0. The fraction of sp³-hybridized carbons (Fsp3) is 0. The monoisotopic (exact) mass is 221 g/mol. The minimum atomic E-state index is 0.802. The van der Waals surface area contributed by atoms with Crippen molar-refractivity contribution in [1.29, 1.82) is 0 Å². The molecule has 1 aromatic heterocycles. The number of hydrogen-bond acceptors (Lipinski definition) is 3. The van der Waals surface area contributed by atoms with Crippen LogP contribution in [0.3, 0.4) is 0 Å². The van der Waals surface area contributed by atoms with Crippen molar-refractivity contribution in [3.8, 4) is 0 Å². The minimum absolute atomic E-state index is 0.802. The molecule has 2 aromatic carbocycles. The lowest BCUT2D eigenvalue weighted by molar-refractivity contribution is 1.17. The standard InChI is InChI=1S/C14H11N3/c1-2-6-12-11(4-1)5-3-7-13(12)17-14-8-9-15-10-16-14/h1-10H,(H,15,16,17). The lowest BCUT2D eigenvalue weighted by Crippen LogP contribution is -1.94. The molecule has 0 atom stereocenters. The molecule has 1 N–H and O–H groups in total. The molecular weight excluding hydrogens is 210 g/mol. The number of benzene rings is 2. The van der Waals surface area contributed by atoms with Crippen LogP contribution in [0.15, 0.2) is 61.1 Å². The number of aromatic nitrogens is 2. The highest BCUT2D eigenvalue weighted by atomic mass is 15.0. The fourth-order valence-electron chi connectivity index (χ4n) is 1.84. The van der Waals surface area contributed by atoms with E-state index in [0.29, 0.717) is 0 Å². The smallest absolute Gasteiger partial charge is 0.133 e. The van der Waals surface area contributed by atoms with Crippen LogP contribution in [-0.2, 0) is 0 Å². The van der Waals surface area contributed by atoms with Crippen LogP contribution in [0.4, 0.5) is 11.5 Å². The summed E-state index contributed by atoms with van der Waals surface area (Å²) in [5.41, 5.74) is 1.06. The molecule has 3 rings (SSSR count). The molecule has 0 aliphatic heterocycles. The summed E-state index contributed by atoms with van der Waals surface area (Å²) in [4.78, 5) is 8.06. The number of rotatable bonds is 2. The summed E-state index contributed by atoms with van der Waals surface area (Å²) in [7, 11) is 0. The van der Waals surface area contributed by atoms with Crippen LogP contribution in [-0.4, -0.2) is 9.97 Å². The van der Waals surface area contributed by atoms with Crippen LogP contribution in [0, 0.1) is 0 Å². The summed E-state index contributed by atoms with van der Waals surface area (Å²) in [6, 6.07) is 16.3. The van der Waals surface area contributed by atoms with Gasteiger partial charge in [0.05, 0.1) is 0 Å². The maximum Gasteiger partial charge on any atom is 0.133 e. The molecule has 0 fully saturated rings. The van der Waals surface area contributed by atoms with Crippen LogP contribution < -0.4 is 5.32 Å². The average Bonchev–Trinajstić information content (AvgIpc) is 2.40. The van der Waals surface area contributed by atoms with Gasteiger partial charge in [0, 0.05) is 17.3 Å². The molecule has 3 heteroatoms. The molecule has 1 heterocycles. The van der Waals surface area contributed by atoms with E-state index in [9.17, 15) is 0 Å². The quantitative estimate of drug-likeness (QED) is 0.721. The lowest BCUT2D eigenvalue weighted by atomic mass is 10.1. The second-order valence-electron chi connectivity index (χ2n) is 3.75. The van der Waals surface area contributed by atoms with Gasteiger partial charge in [0.15, 0.2) is 0 Å². The molecule has 0 saturated heterocycles. The Balaban J connectivity index is 2.06. The number of hydrogen-bond donors (Lipinski definition) is 1. The Labute approximate surface area is 99.2 Å². The second-order valence-corrected chi connectivity index (χ2v) is 3.75. The molecule has 0 radical (unpaired) electrons. The largest absolute Gasteiger partial charge is 0.340 e. The number of nitrogens with one attached hydrogen (secondary N) is 1. The zero-order chi connectivity index (χ0) is 11.5. The van der Waals surface area contributed by atoms with Crippen molar-refractivity contribution in [2.24, 2.45) is 0 Å². The summed E-state index contributed by atoms with van der Waals surface area (Å²) in [5.74, 6) is 0.802. The van der Waals surface area contributed by atoms with Crippen LogP contribution in [0.5, 0.6) is 0 Å². The highest BCUT2D eigenvalue weighted by Gasteiger charge is 2.00. The third kappa shape index (κ3) is 1.95. The van der Waals surface area contributed by atoms with Crippen molar-refractivity contribution < 1.29 is 0 Å². The van der Waals surface area contributed by atoms with Crippen molar-refractivity contribution in [2.75, 3.05) is 5.32 Å². The third-order valence-corrected chi connectivity index (χ3v) is 2.63. The molecule has 0 saturated carbocycles. The summed E-state index contributed by atoms with van der Waals surface area (Å²) in [5, 5.41) is 5.70. The maximum absolute atomic E-state index is 4.16. The molecular formula is C14H11N3. The van der Waals surface area contributed by atoms with Gasteiger partial charge in [-0.15, -0.1) is 0 Å². The molecule has 0 aliphatic carbocycles. The first-order chi connectivity index (χ1) is 8.43. The number of anilines is 2. The van der Waals surface area contributed by atoms with Gasteiger partial charge in [0.25, 0.3) is 0 Å². The van der Waals surface area contributed by atoms with Crippen LogP contribution in [0.1, 0.15) is 0 Å². The number of fused-ring (bicyclic) bond motifs is 1. The van der Waals surface area contributed by atoms with E-state index in [4.69, 9.17) is 0 Å². The Bertz CT molecular complexity index is 630. The van der Waals surface area contributed by atoms with E-state index < -0.39 is 0 Å². The Kier molecular flexibility index (Phi) is 2.43. The van der Waals surface area contributed by atoms with Crippen LogP contribution in [0.2, 0.25) is 0 Å². The first-order valence-electron chi connectivity index (χ1n) is 5.44. The van der Waals surface area contributed by atoms with Crippen molar-refractivity contribution in [3.63, 3.8) is 0 Å². The SMILES string of the molecule is c1ccc2c(Nc3ccncn3)cccc2c1. The Morgan fingerprint density at radius 1 is 0.882 bits per heavy atom. The summed E-state index contributed by atoms with van der Waals surface area (Å²) in [6.07, 6.45) is 3.26. The molecule has 0 bridgehead atoms. The van der Waals surface area contributed by atoms with Gasteiger partial charge in [-0.3, -0.25) is 0 Å². The highest BCUT2D eigenvalue weighted by Crippen LogP contribution is 2.25. The molecule has 0 aliphatic rings. The highest BCUT2D eigenvalue weighted by molar-refractivity contribution is 5.95. The maximum atomic E-state index is 4.16. The Morgan fingerprint density at radius 3 is 2.65 bits per heavy atom. The summed E-state index contributed by atoms with van der Waals surface area (Å²) >= 11 is 0. The minimum Gasteiger partial charge on any atom is -0.340 e. The van der Waals surface area contributed by atoms with E-state index in [1.165, 1.54) is 17.1 Å². The first-order valence-corrected chi connectivity index (χ1v) is 5.44. The van der Waals surface area contributed by atoms with Crippen LogP contribution in [0.25, 0.3) is 10.8 Å². The first kappa shape index (κ1) is 9.78. The van der Waals surface area contributed by atoms with Crippen molar-refractivity contribution in [2.45, 2.75) is 0 Å². The van der Waals surface area contributed by atoms with Crippen LogP contribution >= 0.6 is 0 Å². The zero-order valence-electron chi connectivity index (χ0n) is 9.17. The normalized spacial score (nSPS) is 10.4. The fourth-order valence-corrected chi connectivity index (χ4v) is 1.84. The van der Waals surface area contributed by atoms with E-state index in [0.717, 1.165) is 11.5 Å². The van der Waals surface area contributed by atoms with Crippen molar-refractivity contribution in [1.82, 2.24) is 9.97 Å². The van der Waals surface area contributed by atoms with Crippen molar-refractivity contribution in [3.05, 3.63) is 61.1 Å². The second kappa shape index (κ2) is 4.22. The molecule has 0 unspecified atom stereocenters. The summed E-state index contributed by atoms with van der Waals surface area (Å²) in [6.45, 7) is 0. The van der Waals surface area contributed by atoms with Gasteiger partial charge in [-0.05, 0) is 17.5 Å². The predicted octanol–water partition coefficient (Wildman–Crippen LogP) is 3.37. The van der Waals surface area contributed by atoms with E-state index in [-0.39, 0.29) is 0 Å². The predicted molar refractivity (Wildman–Crippen MR) is 69.3 cm³/mol. The van der Waals surface area contributed by atoms with Gasteiger partial charge in [-0.2, -0.15) is 0 Å². The van der Waals surface area contributed by atoms with E-state index in [1.54, 1.807) is 6.20 Å². The molecule has 3 aromatic rings. The van der Waals surface area contributed by atoms with Gasteiger partial charge in [-0.1, -0.05) is 36.4 Å². The molecule has 3 nitrogen and oxygen atoms in total. The van der Waals surface area contributed by atoms with E-state index >= 15 is 0 Å². The Hall–Kier alpha value is -2.42. The molecule has 17 heavy (non-hydrogen) atoms. The van der Waals surface area contributed by atoms with Gasteiger partial charge in [-0.25, -0.2) is 9.97 Å².